The predicted octanol–water partition coefficient (Wildman–Crippen LogP) is 2.51. The van der Waals surface area contributed by atoms with E-state index in [2.05, 4.69) is 10.6 Å². The van der Waals surface area contributed by atoms with Crippen molar-refractivity contribution >= 4 is 23.3 Å². The number of Topliss-reactive ketones (excluding diaryl/α,β-unsaturated/α-hetero) is 1. The van der Waals surface area contributed by atoms with Crippen molar-refractivity contribution in [2.75, 3.05) is 19.5 Å². The molecule has 0 heterocycles. The molecule has 0 saturated heterocycles. The Hall–Kier alpha value is -3.15. The second-order valence-electron chi connectivity index (χ2n) is 5.08. The Bertz CT molecular complexity index is 782. The number of nitrogens with one attached hydrogen (secondary N) is 2. The molecule has 0 aromatic heterocycles. The first-order valence-corrected chi connectivity index (χ1v) is 7.28. The van der Waals surface area contributed by atoms with Crippen LogP contribution in [0, 0.1) is 0 Å². The van der Waals surface area contributed by atoms with Gasteiger partial charge in [0.25, 0.3) is 11.8 Å². The van der Waals surface area contributed by atoms with Gasteiger partial charge in [0.15, 0.2) is 5.78 Å². The maximum Gasteiger partial charge on any atom is 0.255 e. The van der Waals surface area contributed by atoms with E-state index in [1.165, 1.54) is 21.1 Å². The van der Waals surface area contributed by atoms with Crippen LogP contribution in [0.15, 0.2) is 42.5 Å². The summed E-state index contributed by atoms with van der Waals surface area (Å²) in [6.07, 6.45) is 0. The van der Waals surface area contributed by atoms with Crippen molar-refractivity contribution in [3.05, 3.63) is 59.2 Å². The van der Waals surface area contributed by atoms with Gasteiger partial charge in [-0.2, -0.15) is 0 Å². The highest BCUT2D eigenvalue weighted by Crippen LogP contribution is 2.23. The minimum absolute atomic E-state index is 0.0704. The van der Waals surface area contributed by atoms with E-state index in [9.17, 15) is 14.4 Å². The third kappa shape index (κ3) is 3.78. The van der Waals surface area contributed by atoms with Gasteiger partial charge in [-0.3, -0.25) is 14.4 Å². The largest absolute Gasteiger partial charge is 0.497 e. The van der Waals surface area contributed by atoms with Crippen LogP contribution >= 0.6 is 0 Å². The molecule has 0 bridgehead atoms. The number of ketones is 1. The van der Waals surface area contributed by atoms with Crippen LogP contribution in [0.25, 0.3) is 0 Å². The van der Waals surface area contributed by atoms with E-state index < -0.39 is 0 Å². The van der Waals surface area contributed by atoms with Gasteiger partial charge >= 0.3 is 0 Å². The van der Waals surface area contributed by atoms with Crippen molar-refractivity contribution in [2.24, 2.45) is 0 Å². The highest BCUT2D eigenvalue weighted by atomic mass is 16.5. The molecular formula is C18H18N2O4. The number of carbonyl (C=O) groups excluding carboxylic acids is 3. The fourth-order valence-electron chi connectivity index (χ4n) is 2.13. The Balaban J connectivity index is 2.27. The summed E-state index contributed by atoms with van der Waals surface area (Å²) in [5.74, 6) is -0.270. The molecule has 124 valence electrons. The van der Waals surface area contributed by atoms with Crippen molar-refractivity contribution < 1.29 is 19.1 Å². The standard InChI is InChI=1S/C18H18N2O4/c1-11(21)12-4-6-13(7-5-12)17(22)20-16-9-8-14(24-3)10-15(16)18(23)19-2/h4-10H,1-3H3,(H,19,23)(H,20,22). The van der Waals surface area contributed by atoms with E-state index in [-0.39, 0.29) is 17.6 Å². The number of rotatable bonds is 5. The molecule has 0 aliphatic carbocycles. The summed E-state index contributed by atoms with van der Waals surface area (Å²) in [6, 6.07) is 11.1. The molecule has 0 atom stereocenters. The van der Waals surface area contributed by atoms with Gasteiger partial charge in [-0.1, -0.05) is 12.1 Å². The number of carbonyl (C=O) groups is 3. The zero-order valence-electron chi connectivity index (χ0n) is 13.7. The summed E-state index contributed by atoms with van der Waals surface area (Å²) in [6.45, 7) is 1.46. The van der Waals surface area contributed by atoms with Crippen LogP contribution in [-0.4, -0.2) is 31.8 Å². The van der Waals surface area contributed by atoms with E-state index in [1.807, 2.05) is 0 Å². The van der Waals surface area contributed by atoms with Crippen LogP contribution in [0.1, 0.15) is 38.0 Å². The Morgan fingerprint density at radius 2 is 1.54 bits per heavy atom. The number of hydrogen-bond donors (Lipinski definition) is 2. The van der Waals surface area contributed by atoms with Crippen molar-refractivity contribution in [3.8, 4) is 5.75 Å². The van der Waals surface area contributed by atoms with E-state index in [0.717, 1.165) is 0 Å². The second kappa shape index (κ2) is 7.41. The molecule has 2 N–H and O–H groups in total. The molecule has 0 aliphatic heterocycles. The number of hydrogen-bond acceptors (Lipinski definition) is 4. The van der Waals surface area contributed by atoms with Crippen LogP contribution in [0.4, 0.5) is 5.69 Å². The molecule has 6 nitrogen and oxygen atoms in total. The van der Waals surface area contributed by atoms with Gasteiger partial charge in [-0.15, -0.1) is 0 Å². The number of amides is 2. The second-order valence-corrected chi connectivity index (χ2v) is 5.08. The average molecular weight is 326 g/mol. The molecule has 0 unspecified atom stereocenters. The number of anilines is 1. The summed E-state index contributed by atoms with van der Waals surface area (Å²) < 4.78 is 5.11. The van der Waals surface area contributed by atoms with E-state index in [0.29, 0.717) is 28.1 Å². The number of methoxy groups -OCH3 is 1. The van der Waals surface area contributed by atoms with Gasteiger partial charge in [0.1, 0.15) is 5.75 Å². The van der Waals surface area contributed by atoms with Crippen LogP contribution in [0.5, 0.6) is 5.75 Å². The predicted molar refractivity (Wildman–Crippen MR) is 90.8 cm³/mol. The zero-order chi connectivity index (χ0) is 17.7. The molecule has 24 heavy (non-hydrogen) atoms. The fraction of sp³-hybridized carbons (Fsp3) is 0.167. The minimum atomic E-state index is -0.375. The summed E-state index contributed by atoms with van der Waals surface area (Å²) in [4.78, 5) is 35.6. The highest BCUT2D eigenvalue weighted by Gasteiger charge is 2.15. The Labute approximate surface area is 139 Å². The molecule has 0 aliphatic rings. The zero-order valence-corrected chi connectivity index (χ0v) is 13.7. The van der Waals surface area contributed by atoms with Crippen molar-refractivity contribution in [1.29, 1.82) is 0 Å². The Morgan fingerprint density at radius 3 is 2.08 bits per heavy atom. The van der Waals surface area contributed by atoms with Crippen LogP contribution in [0.2, 0.25) is 0 Å². The maximum atomic E-state index is 12.4. The van der Waals surface area contributed by atoms with Gasteiger partial charge in [0.05, 0.1) is 18.4 Å². The van der Waals surface area contributed by atoms with E-state index >= 15 is 0 Å². The van der Waals surface area contributed by atoms with Crippen LogP contribution in [0.3, 0.4) is 0 Å². The molecule has 2 rings (SSSR count). The molecule has 0 saturated carbocycles. The van der Waals surface area contributed by atoms with Gasteiger partial charge in [0, 0.05) is 18.2 Å². The molecule has 0 spiro atoms. The van der Waals surface area contributed by atoms with Crippen LogP contribution in [-0.2, 0) is 0 Å². The Kier molecular flexibility index (Phi) is 5.31. The molecule has 2 aromatic rings. The lowest BCUT2D eigenvalue weighted by Crippen LogP contribution is -2.21. The molecule has 6 heteroatoms. The fourth-order valence-corrected chi connectivity index (χ4v) is 2.13. The first-order valence-electron chi connectivity index (χ1n) is 7.28. The number of benzene rings is 2. The lowest BCUT2D eigenvalue weighted by molar-refractivity contribution is 0.0962. The van der Waals surface area contributed by atoms with Gasteiger partial charge in [-0.05, 0) is 37.3 Å². The maximum absolute atomic E-state index is 12.4. The topological polar surface area (TPSA) is 84.5 Å². The lowest BCUT2D eigenvalue weighted by Gasteiger charge is -2.12. The molecular weight excluding hydrogens is 308 g/mol. The van der Waals surface area contributed by atoms with Crippen molar-refractivity contribution in [3.63, 3.8) is 0 Å². The van der Waals surface area contributed by atoms with E-state index in [4.69, 9.17) is 4.74 Å². The first-order chi connectivity index (χ1) is 11.5. The number of ether oxygens (including phenoxy) is 1. The highest BCUT2D eigenvalue weighted by molar-refractivity contribution is 6.09. The van der Waals surface area contributed by atoms with Crippen molar-refractivity contribution in [2.45, 2.75) is 6.92 Å². The summed E-state index contributed by atoms with van der Waals surface area (Å²) in [5.41, 5.74) is 1.59. The SMILES string of the molecule is CNC(=O)c1cc(OC)ccc1NC(=O)c1ccc(C(C)=O)cc1. The molecule has 0 fully saturated rings. The van der Waals surface area contributed by atoms with Crippen LogP contribution < -0.4 is 15.4 Å². The van der Waals surface area contributed by atoms with E-state index in [1.54, 1.807) is 42.5 Å². The average Bonchev–Trinajstić information content (AvgIpc) is 2.61. The molecule has 2 aromatic carbocycles. The first kappa shape index (κ1) is 17.2. The van der Waals surface area contributed by atoms with Gasteiger partial charge in [0.2, 0.25) is 0 Å². The summed E-state index contributed by atoms with van der Waals surface area (Å²) in [7, 11) is 3.01. The third-order valence-electron chi connectivity index (χ3n) is 3.50. The summed E-state index contributed by atoms with van der Waals surface area (Å²) in [5, 5.41) is 5.22. The smallest absolute Gasteiger partial charge is 0.255 e. The lowest BCUT2D eigenvalue weighted by atomic mass is 10.1. The quantitative estimate of drug-likeness (QED) is 0.827. The third-order valence-corrected chi connectivity index (χ3v) is 3.50. The van der Waals surface area contributed by atoms with Crippen molar-refractivity contribution in [1.82, 2.24) is 5.32 Å². The minimum Gasteiger partial charge on any atom is -0.497 e. The normalized spacial score (nSPS) is 9.96. The molecule has 2 amide bonds. The monoisotopic (exact) mass is 326 g/mol. The summed E-state index contributed by atoms with van der Waals surface area (Å²) >= 11 is 0. The van der Waals surface area contributed by atoms with Gasteiger partial charge < -0.3 is 15.4 Å². The van der Waals surface area contributed by atoms with Gasteiger partial charge in [-0.25, -0.2) is 0 Å². The molecule has 0 radical (unpaired) electrons. The Morgan fingerprint density at radius 1 is 0.917 bits per heavy atom.